The van der Waals surface area contributed by atoms with Crippen LogP contribution in [0.3, 0.4) is 0 Å². The zero-order valence-electron chi connectivity index (χ0n) is 15.8. The fourth-order valence-electron chi connectivity index (χ4n) is 4.05. The van der Waals surface area contributed by atoms with Gasteiger partial charge in [-0.15, -0.1) is 0 Å². The molecular formula is C22H26FN3O. The highest BCUT2D eigenvalue weighted by atomic mass is 19.1. The van der Waals surface area contributed by atoms with Crippen LogP contribution in [0, 0.1) is 12.7 Å². The van der Waals surface area contributed by atoms with Gasteiger partial charge in [-0.05, 0) is 44.0 Å². The Balaban J connectivity index is 1.47. The van der Waals surface area contributed by atoms with Crippen molar-refractivity contribution < 1.29 is 9.18 Å². The second kappa shape index (κ2) is 7.59. The summed E-state index contributed by atoms with van der Waals surface area (Å²) in [4.78, 5) is 19.0. The molecule has 0 aromatic heterocycles. The van der Waals surface area contributed by atoms with Gasteiger partial charge in [-0.2, -0.15) is 0 Å². The van der Waals surface area contributed by atoms with Crippen molar-refractivity contribution in [3.8, 4) is 0 Å². The third kappa shape index (κ3) is 3.64. The Morgan fingerprint density at radius 1 is 0.889 bits per heavy atom. The smallest absolute Gasteiger partial charge is 0.253 e. The number of piperazine rings is 1. The lowest BCUT2D eigenvalue weighted by molar-refractivity contribution is 0.0747. The minimum Gasteiger partial charge on any atom is -0.371 e. The summed E-state index contributed by atoms with van der Waals surface area (Å²) in [5, 5.41) is 0. The molecule has 0 bridgehead atoms. The fraction of sp³-hybridized carbons (Fsp3) is 0.409. The van der Waals surface area contributed by atoms with E-state index in [0.717, 1.165) is 48.7 Å². The molecule has 2 fully saturated rings. The zero-order chi connectivity index (χ0) is 18.8. The van der Waals surface area contributed by atoms with Crippen LogP contribution in [0.25, 0.3) is 0 Å². The number of nitrogens with zero attached hydrogens (tertiary/aromatic N) is 3. The van der Waals surface area contributed by atoms with E-state index in [1.165, 1.54) is 12.8 Å². The molecule has 0 aliphatic carbocycles. The molecule has 0 spiro atoms. The quantitative estimate of drug-likeness (QED) is 0.828. The number of amides is 1. The van der Waals surface area contributed by atoms with Crippen LogP contribution in [-0.4, -0.2) is 50.1 Å². The van der Waals surface area contributed by atoms with Crippen molar-refractivity contribution in [2.24, 2.45) is 0 Å². The molecule has 27 heavy (non-hydrogen) atoms. The predicted molar refractivity (Wildman–Crippen MR) is 107 cm³/mol. The summed E-state index contributed by atoms with van der Waals surface area (Å²) in [6, 6.07) is 13.2. The molecule has 0 unspecified atom stereocenters. The lowest BCUT2D eigenvalue weighted by atomic mass is 10.1. The van der Waals surface area contributed by atoms with Crippen molar-refractivity contribution in [2.45, 2.75) is 19.8 Å². The molecule has 5 heteroatoms. The zero-order valence-corrected chi connectivity index (χ0v) is 15.8. The van der Waals surface area contributed by atoms with Gasteiger partial charge in [0.05, 0.1) is 0 Å². The maximum absolute atomic E-state index is 14.6. The average Bonchev–Trinajstić information content (AvgIpc) is 3.25. The number of hydrogen-bond acceptors (Lipinski definition) is 3. The number of benzene rings is 2. The summed E-state index contributed by atoms with van der Waals surface area (Å²) in [5.74, 6) is -0.0692. The number of carbonyl (C=O) groups is 1. The first-order valence-corrected chi connectivity index (χ1v) is 9.78. The van der Waals surface area contributed by atoms with E-state index < -0.39 is 0 Å². The molecule has 2 heterocycles. The second-order valence-electron chi connectivity index (χ2n) is 7.41. The molecule has 4 rings (SSSR count). The van der Waals surface area contributed by atoms with Gasteiger partial charge in [-0.1, -0.05) is 18.2 Å². The minimum absolute atomic E-state index is 0.0723. The summed E-state index contributed by atoms with van der Waals surface area (Å²) < 4.78 is 14.6. The third-order valence-corrected chi connectivity index (χ3v) is 5.70. The molecule has 2 aliphatic rings. The first kappa shape index (κ1) is 17.8. The minimum atomic E-state index is -0.141. The van der Waals surface area contributed by atoms with Crippen LogP contribution >= 0.6 is 0 Å². The Morgan fingerprint density at radius 3 is 2.22 bits per heavy atom. The van der Waals surface area contributed by atoms with E-state index >= 15 is 0 Å². The van der Waals surface area contributed by atoms with E-state index in [0.29, 0.717) is 13.1 Å². The lowest BCUT2D eigenvalue weighted by Gasteiger charge is -2.37. The van der Waals surface area contributed by atoms with Crippen LogP contribution in [0.1, 0.15) is 28.8 Å². The highest BCUT2D eigenvalue weighted by Gasteiger charge is 2.24. The van der Waals surface area contributed by atoms with Crippen molar-refractivity contribution in [1.29, 1.82) is 0 Å². The molecule has 0 atom stereocenters. The monoisotopic (exact) mass is 367 g/mol. The highest BCUT2D eigenvalue weighted by Crippen LogP contribution is 2.31. The summed E-state index contributed by atoms with van der Waals surface area (Å²) in [6.45, 7) is 6.63. The number of anilines is 2. The summed E-state index contributed by atoms with van der Waals surface area (Å²) in [5.41, 5.74) is 3.40. The number of carbonyl (C=O) groups excluding carboxylic acids is 1. The summed E-state index contributed by atoms with van der Waals surface area (Å²) in [6.07, 6.45) is 2.34. The van der Waals surface area contributed by atoms with Gasteiger partial charge in [-0.25, -0.2) is 4.39 Å². The van der Waals surface area contributed by atoms with Gasteiger partial charge in [0.25, 0.3) is 5.91 Å². The Morgan fingerprint density at radius 2 is 1.56 bits per heavy atom. The van der Waals surface area contributed by atoms with E-state index in [-0.39, 0.29) is 11.7 Å². The second-order valence-corrected chi connectivity index (χ2v) is 7.41. The average molecular weight is 367 g/mol. The molecular weight excluding hydrogens is 341 g/mol. The van der Waals surface area contributed by atoms with Gasteiger partial charge >= 0.3 is 0 Å². The van der Waals surface area contributed by atoms with Gasteiger partial charge in [0.15, 0.2) is 0 Å². The van der Waals surface area contributed by atoms with Crippen molar-refractivity contribution >= 4 is 17.3 Å². The molecule has 0 saturated carbocycles. The molecule has 1 amide bonds. The van der Waals surface area contributed by atoms with Gasteiger partial charge in [0.1, 0.15) is 5.82 Å². The van der Waals surface area contributed by atoms with Gasteiger partial charge in [-0.3, -0.25) is 4.79 Å². The molecule has 0 N–H and O–H groups in total. The van der Waals surface area contributed by atoms with Crippen LogP contribution in [0.5, 0.6) is 0 Å². The number of halogens is 1. The van der Waals surface area contributed by atoms with Gasteiger partial charge < -0.3 is 14.7 Å². The molecule has 2 aromatic rings. The van der Waals surface area contributed by atoms with Gasteiger partial charge in [0, 0.05) is 61.8 Å². The van der Waals surface area contributed by atoms with Crippen molar-refractivity contribution in [3.63, 3.8) is 0 Å². The summed E-state index contributed by atoms with van der Waals surface area (Å²) in [7, 11) is 0. The van der Waals surface area contributed by atoms with E-state index in [1.807, 2.05) is 42.2 Å². The summed E-state index contributed by atoms with van der Waals surface area (Å²) >= 11 is 0. The van der Waals surface area contributed by atoms with Crippen LogP contribution in [0.15, 0.2) is 42.5 Å². The molecule has 2 aromatic carbocycles. The maximum Gasteiger partial charge on any atom is 0.253 e. The van der Waals surface area contributed by atoms with Crippen LogP contribution < -0.4 is 9.80 Å². The maximum atomic E-state index is 14.6. The third-order valence-electron chi connectivity index (χ3n) is 5.70. The van der Waals surface area contributed by atoms with Crippen LogP contribution in [-0.2, 0) is 0 Å². The molecule has 2 aliphatic heterocycles. The topological polar surface area (TPSA) is 26.8 Å². The Labute approximate surface area is 160 Å². The largest absolute Gasteiger partial charge is 0.371 e. The van der Waals surface area contributed by atoms with E-state index in [4.69, 9.17) is 0 Å². The fourth-order valence-corrected chi connectivity index (χ4v) is 4.05. The normalized spacial score (nSPS) is 17.5. The van der Waals surface area contributed by atoms with Crippen molar-refractivity contribution in [3.05, 3.63) is 59.4 Å². The van der Waals surface area contributed by atoms with Crippen molar-refractivity contribution in [2.75, 3.05) is 49.1 Å². The van der Waals surface area contributed by atoms with Gasteiger partial charge in [0.2, 0.25) is 0 Å². The van der Waals surface area contributed by atoms with E-state index in [9.17, 15) is 9.18 Å². The number of rotatable bonds is 3. The van der Waals surface area contributed by atoms with Crippen LogP contribution in [0.4, 0.5) is 15.8 Å². The Bertz CT molecular complexity index is 810. The lowest BCUT2D eigenvalue weighted by Crippen LogP contribution is -2.48. The molecule has 2 saturated heterocycles. The first-order valence-electron chi connectivity index (χ1n) is 9.78. The van der Waals surface area contributed by atoms with E-state index in [1.54, 1.807) is 6.07 Å². The standard InChI is InChI=1S/C22H26FN3O/c1-17-20(23)15-19(16-21(17)25-9-5-6-10-25)24-11-13-26(14-12-24)22(27)18-7-3-2-4-8-18/h2-4,7-8,15-16H,5-6,9-14H2,1H3. The Hall–Kier alpha value is -2.56. The van der Waals surface area contributed by atoms with Crippen LogP contribution in [0.2, 0.25) is 0 Å². The predicted octanol–water partition coefficient (Wildman–Crippen LogP) is 3.70. The molecule has 142 valence electrons. The molecule has 0 radical (unpaired) electrons. The van der Waals surface area contributed by atoms with Crippen molar-refractivity contribution in [1.82, 2.24) is 4.90 Å². The number of hydrogen-bond donors (Lipinski definition) is 0. The Kier molecular flexibility index (Phi) is 5.01. The van der Waals surface area contributed by atoms with E-state index in [2.05, 4.69) is 15.9 Å². The molecule has 4 nitrogen and oxygen atoms in total. The SMILES string of the molecule is Cc1c(F)cc(N2CCN(C(=O)c3ccccc3)CC2)cc1N1CCCC1. The highest BCUT2D eigenvalue weighted by molar-refractivity contribution is 5.94. The first-order chi connectivity index (χ1) is 13.1.